The largest absolute Gasteiger partial charge is 0.472 e. The third kappa shape index (κ3) is 62.7. The molecule has 0 aliphatic heterocycles. The molecule has 446 valence electrons. The molecular weight excluding hydrogens is 1000 g/mol. The number of unbranched alkanes of at least 4 members (excludes halogenated alkanes) is 17. The zero-order valence-corrected chi connectivity index (χ0v) is 50.7. The summed E-state index contributed by atoms with van der Waals surface area (Å²) in [5, 5.41) is 0. The number of carbonyl (C=O) groups excluding carboxylic acids is 2. The number of esters is 2. The van der Waals surface area contributed by atoms with Gasteiger partial charge in [-0.05, 0) is 128 Å². The summed E-state index contributed by atoms with van der Waals surface area (Å²) in [6.45, 7) is 3.56. The first-order chi connectivity index (χ1) is 38.8. The smallest absolute Gasteiger partial charge is 0.462 e. The van der Waals surface area contributed by atoms with Crippen molar-refractivity contribution in [2.24, 2.45) is 5.73 Å². The zero-order valence-electron chi connectivity index (χ0n) is 49.8. The van der Waals surface area contributed by atoms with E-state index in [1.54, 1.807) is 0 Å². The normalized spacial score (nSPS) is 14.1. The fourth-order valence-corrected chi connectivity index (χ4v) is 8.61. The van der Waals surface area contributed by atoms with Gasteiger partial charge in [0.1, 0.15) is 6.61 Å². The minimum absolute atomic E-state index is 0.0380. The van der Waals surface area contributed by atoms with Gasteiger partial charge >= 0.3 is 19.8 Å². The van der Waals surface area contributed by atoms with Crippen LogP contribution in [0, 0.1) is 0 Å². The number of hydrogen-bond acceptors (Lipinski definition) is 8. The van der Waals surface area contributed by atoms with Gasteiger partial charge in [-0.3, -0.25) is 18.6 Å². The van der Waals surface area contributed by atoms with Crippen molar-refractivity contribution < 1.29 is 37.6 Å². The molecule has 0 rings (SSSR count). The van der Waals surface area contributed by atoms with E-state index < -0.39 is 32.5 Å². The summed E-state index contributed by atoms with van der Waals surface area (Å²) < 4.78 is 33.0. The lowest BCUT2D eigenvalue weighted by molar-refractivity contribution is -0.161. The first kappa shape index (κ1) is 74.6. The van der Waals surface area contributed by atoms with Gasteiger partial charge in [0.15, 0.2) is 6.10 Å². The van der Waals surface area contributed by atoms with E-state index in [2.05, 4.69) is 172 Å². The first-order valence-electron chi connectivity index (χ1n) is 31.0. The van der Waals surface area contributed by atoms with Crippen molar-refractivity contribution in [1.29, 1.82) is 0 Å². The number of nitrogens with two attached hydrogens (primary N) is 1. The molecule has 0 aromatic carbocycles. The minimum Gasteiger partial charge on any atom is -0.462 e. The molecule has 9 nitrogen and oxygen atoms in total. The Labute approximate surface area is 483 Å². The van der Waals surface area contributed by atoms with Crippen molar-refractivity contribution in [2.45, 2.75) is 238 Å². The third-order valence-corrected chi connectivity index (χ3v) is 13.4. The molecule has 2 unspecified atom stereocenters. The Bertz CT molecular complexity index is 1850. The molecule has 0 heterocycles. The van der Waals surface area contributed by atoms with E-state index >= 15 is 0 Å². The molecule has 0 aromatic rings. The van der Waals surface area contributed by atoms with Gasteiger partial charge < -0.3 is 20.1 Å². The maximum Gasteiger partial charge on any atom is 0.472 e. The highest BCUT2D eigenvalue weighted by Crippen LogP contribution is 2.43. The summed E-state index contributed by atoms with van der Waals surface area (Å²) in [5.74, 6) is -0.890. The van der Waals surface area contributed by atoms with Gasteiger partial charge in [0, 0.05) is 19.4 Å². The lowest BCUT2D eigenvalue weighted by atomic mass is 10.1. The second-order valence-corrected chi connectivity index (χ2v) is 21.3. The van der Waals surface area contributed by atoms with Gasteiger partial charge in [0.05, 0.1) is 13.2 Å². The van der Waals surface area contributed by atoms with Crippen LogP contribution < -0.4 is 5.73 Å². The predicted molar refractivity (Wildman–Crippen MR) is 339 cm³/mol. The van der Waals surface area contributed by atoms with E-state index in [0.29, 0.717) is 6.42 Å². The molecule has 0 aliphatic rings. The molecule has 0 aromatic heterocycles. The standard InChI is InChI=1S/C69H112NO8P/c1-3-5-7-9-11-13-15-17-19-21-23-24-25-26-27-28-29-30-31-32-33-34-35-36-37-38-39-40-41-42-44-46-48-50-52-54-56-58-60-62-69(72)78-67(66-77-79(73,74)76-64-63-70)65-75-68(71)61-59-57-55-53-51-49-47-45-43-22-20-18-16-14-12-10-8-6-4-2/h5,7,11,13,17-20,23-24,26-27,29-30,32-33,35-36,38-39,41-42,46,48,52,54,67H,3-4,6,8-10,12,14-16,21-22,25,28,31,34,37,40,43-45,47,49-51,53,55-66,70H2,1-2H3,(H,73,74)/b7-5-,13-11-,19-17-,20-18-,24-23-,27-26-,30-29-,33-32-,36-35-,39-38-,42-41-,48-46-,54-52-. The van der Waals surface area contributed by atoms with Crippen LogP contribution in [0.4, 0.5) is 0 Å². The van der Waals surface area contributed by atoms with E-state index in [4.69, 9.17) is 24.3 Å². The van der Waals surface area contributed by atoms with Crippen molar-refractivity contribution >= 4 is 19.8 Å². The SMILES string of the molecule is CC/C=C\C/C=C\C/C=C\C/C=C\C/C=C\C/C=C\C/C=C\C/C=C\C/C=C\C/C=C\C/C=C\C/C=C\CCCCC(=O)OC(COC(=O)CCCCCCCCCCC/C=C\CCCCCCCC)COP(=O)(O)OCCN. The van der Waals surface area contributed by atoms with Crippen LogP contribution in [0.3, 0.4) is 0 Å². The van der Waals surface area contributed by atoms with Gasteiger partial charge in [-0.1, -0.05) is 249 Å². The number of allylic oxidation sites excluding steroid dienone is 26. The van der Waals surface area contributed by atoms with Gasteiger partial charge in [-0.15, -0.1) is 0 Å². The molecule has 0 bridgehead atoms. The van der Waals surface area contributed by atoms with Crippen LogP contribution in [0.1, 0.15) is 232 Å². The van der Waals surface area contributed by atoms with E-state index in [0.717, 1.165) is 116 Å². The van der Waals surface area contributed by atoms with Crippen LogP contribution in [0.2, 0.25) is 0 Å². The highest BCUT2D eigenvalue weighted by Gasteiger charge is 2.26. The number of phosphoric acid groups is 1. The fraction of sp³-hybridized carbons (Fsp3) is 0.594. The molecule has 0 saturated carbocycles. The number of rotatable bonds is 56. The molecule has 3 N–H and O–H groups in total. The second kappa shape index (κ2) is 62.8. The van der Waals surface area contributed by atoms with Crippen molar-refractivity contribution in [1.82, 2.24) is 0 Å². The Hall–Kier alpha value is -4.37. The molecule has 0 radical (unpaired) electrons. The molecule has 0 amide bonds. The molecule has 0 spiro atoms. The molecule has 2 atom stereocenters. The van der Waals surface area contributed by atoms with Gasteiger partial charge in [-0.2, -0.15) is 0 Å². The topological polar surface area (TPSA) is 134 Å². The fourth-order valence-electron chi connectivity index (χ4n) is 7.85. The van der Waals surface area contributed by atoms with Crippen molar-refractivity contribution in [3.63, 3.8) is 0 Å². The molecule has 10 heteroatoms. The zero-order chi connectivity index (χ0) is 57.3. The lowest BCUT2D eigenvalue weighted by Crippen LogP contribution is -2.29. The molecule has 79 heavy (non-hydrogen) atoms. The molecule has 0 fully saturated rings. The van der Waals surface area contributed by atoms with Crippen molar-refractivity contribution in [2.75, 3.05) is 26.4 Å². The lowest BCUT2D eigenvalue weighted by Gasteiger charge is -2.19. The summed E-state index contributed by atoms with van der Waals surface area (Å²) in [5.41, 5.74) is 5.38. The Kier molecular flexibility index (Phi) is 59.3. The Morgan fingerprint density at radius 1 is 0.392 bits per heavy atom. The van der Waals surface area contributed by atoms with Gasteiger partial charge in [0.2, 0.25) is 0 Å². The number of hydrogen-bond donors (Lipinski definition) is 2. The Morgan fingerprint density at radius 3 is 1.08 bits per heavy atom. The van der Waals surface area contributed by atoms with Gasteiger partial charge in [-0.25, -0.2) is 4.57 Å². The number of carbonyl (C=O) groups is 2. The van der Waals surface area contributed by atoms with Crippen LogP contribution in [0.5, 0.6) is 0 Å². The second-order valence-electron chi connectivity index (χ2n) is 19.8. The van der Waals surface area contributed by atoms with E-state index in [1.165, 1.54) is 83.5 Å². The quantitative estimate of drug-likeness (QED) is 0.0264. The molecular formula is C69H112NO8P. The summed E-state index contributed by atoms with van der Waals surface area (Å²) in [7, 11) is -4.41. The number of phosphoric ester groups is 1. The maximum atomic E-state index is 12.7. The Balaban J connectivity index is 4.10. The van der Waals surface area contributed by atoms with E-state index in [1.807, 2.05) is 0 Å². The van der Waals surface area contributed by atoms with E-state index in [-0.39, 0.29) is 32.6 Å². The highest BCUT2D eigenvalue weighted by molar-refractivity contribution is 7.47. The summed E-state index contributed by atoms with van der Waals surface area (Å²) >= 11 is 0. The number of ether oxygens (including phenoxy) is 2. The molecule has 0 aliphatic carbocycles. The first-order valence-corrected chi connectivity index (χ1v) is 32.5. The van der Waals surface area contributed by atoms with Crippen LogP contribution in [0.25, 0.3) is 0 Å². The average molecular weight is 1110 g/mol. The monoisotopic (exact) mass is 1110 g/mol. The maximum absolute atomic E-state index is 12.7. The average Bonchev–Trinajstić information content (AvgIpc) is 3.44. The van der Waals surface area contributed by atoms with Crippen LogP contribution in [-0.4, -0.2) is 49.3 Å². The summed E-state index contributed by atoms with van der Waals surface area (Å²) in [6.07, 6.45) is 91.7. The van der Waals surface area contributed by atoms with Crippen LogP contribution >= 0.6 is 7.82 Å². The predicted octanol–water partition coefficient (Wildman–Crippen LogP) is 20.1. The van der Waals surface area contributed by atoms with E-state index in [9.17, 15) is 19.0 Å². The van der Waals surface area contributed by atoms with Crippen molar-refractivity contribution in [3.8, 4) is 0 Å². The third-order valence-electron chi connectivity index (χ3n) is 12.4. The Morgan fingerprint density at radius 2 is 0.696 bits per heavy atom. The summed E-state index contributed by atoms with van der Waals surface area (Å²) in [6, 6.07) is 0. The van der Waals surface area contributed by atoms with Crippen LogP contribution in [0.15, 0.2) is 158 Å². The summed E-state index contributed by atoms with van der Waals surface area (Å²) in [4.78, 5) is 35.2. The van der Waals surface area contributed by atoms with Gasteiger partial charge in [0.25, 0.3) is 0 Å². The van der Waals surface area contributed by atoms with Crippen LogP contribution in [-0.2, 0) is 32.7 Å². The minimum atomic E-state index is -4.41. The molecule has 0 saturated heterocycles. The highest BCUT2D eigenvalue weighted by atomic mass is 31.2. The van der Waals surface area contributed by atoms with Crippen molar-refractivity contribution in [3.05, 3.63) is 158 Å².